The summed E-state index contributed by atoms with van der Waals surface area (Å²) in [6.07, 6.45) is 5.67. The highest BCUT2D eigenvalue weighted by Gasteiger charge is 2.32. The Morgan fingerprint density at radius 3 is 2.76 bits per heavy atom. The molecule has 9 heteroatoms. The maximum absolute atomic E-state index is 12.6. The van der Waals surface area contributed by atoms with E-state index in [9.17, 15) is 4.79 Å². The van der Waals surface area contributed by atoms with E-state index in [0.29, 0.717) is 16.8 Å². The molecule has 1 aromatic carbocycles. The molecule has 0 bridgehead atoms. The predicted molar refractivity (Wildman–Crippen MR) is 113 cm³/mol. The van der Waals surface area contributed by atoms with Gasteiger partial charge in [0.05, 0.1) is 22.9 Å². The number of carbonyl (C=O) groups is 1. The number of aromatic nitrogens is 2. The lowest BCUT2D eigenvalue weighted by Gasteiger charge is -2.28. The summed E-state index contributed by atoms with van der Waals surface area (Å²) in [5.41, 5.74) is 8.00. The van der Waals surface area contributed by atoms with E-state index < -0.39 is 12.1 Å². The van der Waals surface area contributed by atoms with Gasteiger partial charge in [0.25, 0.3) is 11.9 Å². The number of amides is 1. The number of rotatable bonds is 4. The molecule has 2 unspecified atom stereocenters. The Morgan fingerprint density at radius 2 is 2.07 bits per heavy atom. The van der Waals surface area contributed by atoms with Crippen LogP contribution in [0.5, 0.6) is 0 Å². The maximum atomic E-state index is 12.6. The molecule has 0 saturated carbocycles. The summed E-state index contributed by atoms with van der Waals surface area (Å²) in [5.74, 6) is -0.306. The van der Waals surface area contributed by atoms with E-state index >= 15 is 0 Å². The molecular formula is C20H25ClN6O2. The Hall–Kier alpha value is -2.58. The van der Waals surface area contributed by atoms with Gasteiger partial charge in [0.15, 0.2) is 6.04 Å². The molecule has 0 spiro atoms. The number of aliphatic imine (C=N–C) groups is 1. The van der Waals surface area contributed by atoms with Crippen molar-refractivity contribution in [2.75, 3.05) is 25.5 Å². The lowest BCUT2D eigenvalue weighted by Crippen LogP contribution is -2.33. The molecule has 1 saturated heterocycles. The van der Waals surface area contributed by atoms with Crippen LogP contribution in [0.25, 0.3) is 11.1 Å². The summed E-state index contributed by atoms with van der Waals surface area (Å²) >= 11 is 6.31. The molecule has 2 aliphatic rings. The summed E-state index contributed by atoms with van der Waals surface area (Å²) in [7, 11) is 2.15. The third kappa shape index (κ3) is 4.23. The van der Waals surface area contributed by atoms with Gasteiger partial charge in [-0.2, -0.15) is 5.10 Å². The Kier molecular flexibility index (Phi) is 5.47. The first kappa shape index (κ1) is 19.7. The van der Waals surface area contributed by atoms with Crippen LogP contribution in [-0.4, -0.2) is 58.9 Å². The normalized spacial score (nSPS) is 22.9. The molecule has 4 rings (SSSR count). The lowest BCUT2D eigenvalue weighted by atomic mass is 10.1. The van der Waals surface area contributed by atoms with Crippen molar-refractivity contribution < 1.29 is 9.53 Å². The fraction of sp³-hybridized carbons (Fsp3) is 0.450. The number of nitrogens with two attached hydrogens (primary N) is 1. The minimum absolute atomic E-state index is 0.0267. The SMILES string of the molecule is CC1OC(N)=NC1C(=O)Nc1cc(-c2cnn(C3CCN(C)CC3)c2)ccc1Cl. The number of nitrogens with one attached hydrogen (secondary N) is 1. The zero-order chi connectivity index (χ0) is 20.5. The first-order valence-corrected chi connectivity index (χ1v) is 10.1. The van der Waals surface area contributed by atoms with E-state index in [1.807, 2.05) is 23.0 Å². The Labute approximate surface area is 174 Å². The molecule has 0 aliphatic carbocycles. The monoisotopic (exact) mass is 416 g/mol. The van der Waals surface area contributed by atoms with Crippen LogP contribution in [0.4, 0.5) is 5.69 Å². The molecule has 2 aliphatic heterocycles. The van der Waals surface area contributed by atoms with Gasteiger partial charge in [-0.15, -0.1) is 0 Å². The van der Waals surface area contributed by atoms with E-state index in [4.69, 9.17) is 22.1 Å². The molecule has 2 aromatic rings. The molecular weight excluding hydrogens is 392 g/mol. The van der Waals surface area contributed by atoms with Crippen LogP contribution >= 0.6 is 11.6 Å². The number of halogens is 1. The number of nitrogens with zero attached hydrogens (tertiary/aromatic N) is 4. The fourth-order valence-electron chi connectivity index (χ4n) is 3.75. The molecule has 3 heterocycles. The standard InChI is InChI=1S/C20H25ClN6O2/c1-12-18(25-20(22)29-12)19(28)24-17-9-13(3-4-16(17)21)14-10-23-27(11-14)15-5-7-26(2)8-6-15/h3-4,9-12,15,18H,5-8H2,1-2H3,(H2,22,25)(H,24,28). The number of benzene rings is 1. The third-order valence-electron chi connectivity index (χ3n) is 5.51. The number of hydrogen-bond donors (Lipinski definition) is 2. The molecule has 29 heavy (non-hydrogen) atoms. The van der Waals surface area contributed by atoms with Gasteiger partial charge in [0.2, 0.25) is 0 Å². The minimum atomic E-state index is -0.693. The molecule has 8 nitrogen and oxygen atoms in total. The summed E-state index contributed by atoms with van der Waals surface area (Å²) in [6, 6.07) is 5.29. The number of piperidine rings is 1. The summed E-state index contributed by atoms with van der Waals surface area (Å²) in [6.45, 7) is 3.91. The smallest absolute Gasteiger partial charge is 0.283 e. The second kappa shape index (κ2) is 8.04. The number of amidine groups is 1. The maximum Gasteiger partial charge on any atom is 0.283 e. The molecule has 1 fully saturated rings. The Bertz CT molecular complexity index is 935. The molecule has 154 valence electrons. The average molecular weight is 417 g/mol. The van der Waals surface area contributed by atoms with Crippen LogP contribution in [0.15, 0.2) is 35.6 Å². The van der Waals surface area contributed by atoms with Gasteiger partial charge in [0.1, 0.15) is 6.10 Å². The quantitative estimate of drug-likeness (QED) is 0.798. The van der Waals surface area contributed by atoms with Gasteiger partial charge >= 0.3 is 0 Å². The minimum Gasteiger partial charge on any atom is -0.460 e. The van der Waals surface area contributed by atoms with Crippen molar-refractivity contribution >= 4 is 29.2 Å². The van der Waals surface area contributed by atoms with Gasteiger partial charge in [-0.1, -0.05) is 17.7 Å². The van der Waals surface area contributed by atoms with Crippen LogP contribution in [0.1, 0.15) is 25.8 Å². The Morgan fingerprint density at radius 1 is 1.31 bits per heavy atom. The van der Waals surface area contributed by atoms with E-state index in [1.54, 1.807) is 13.0 Å². The highest BCUT2D eigenvalue weighted by Crippen LogP contribution is 2.31. The second-order valence-corrected chi connectivity index (χ2v) is 8.07. The number of ether oxygens (including phenoxy) is 1. The topological polar surface area (TPSA) is 97.8 Å². The number of likely N-dealkylation sites (tertiary alicyclic amines) is 1. The van der Waals surface area contributed by atoms with Crippen molar-refractivity contribution in [2.45, 2.75) is 38.0 Å². The van der Waals surface area contributed by atoms with Crippen molar-refractivity contribution in [3.8, 4) is 11.1 Å². The predicted octanol–water partition coefficient (Wildman–Crippen LogP) is 2.51. The van der Waals surface area contributed by atoms with Crippen LogP contribution in [0.3, 0.4) is 0 Å². The van der Waals surface area contributed by atoms with E-state index in [1.165, 1.54) is 0 Å². The lowest BCUT2D eigenvalue weighted by molar-refractivity contribution is -0.118. The molecule has 0 radical (unpaired) electrons. The summed E-state index contributed by atoms with van der Waals surface area (Å²) < 4.78 is 7.29. The van der Waals surface area contributed by atoms with Gasteiger partial charge < -0.3 is 20.7 Å². The van der Waals surface area contributed by atoms with Gasteiger partial charge in [-0.3, -0.25) is 9.48 Å². The Balaban J connectivity index is 1.51. The second-order valence-electron chi connectivity index (χ2n) is 7.66. The van der Waals surface area contributed by atoms with E-state index in [2.05, 4.69) is 33.6 Å². The highest BCUT2D eigenvalue weighted by atomic mass is 35.5. The van der Waals surface area contributed by atoms with Crippen molar-refractivity contribution in [2.24, 2.45) is 10.7 Å². The van der Waals surface area contributed by atoms with Crippen molar-refractivity contribution in [1.29, 1.82) is 0 Å². The summed E-state index contributed by atoms with van der Waals surface area (Å²) in [4.78, 5) is 18.9. The third-order valence-corrected chi connectivity index (χ3v) is 5.84. The van der Waals surface area contributed by atoms with Gasteiger partial charge in [0, 0.05) is 11.8 Å². The van der Waals surface area contributed by atoms with Crippen LogP contribution < -0.4 is 11.1 Å². The van der Waals surface area contributed by atoms with E-state index in [-0.39, 0.29) is 11.9 Å². The fourth-order valence-corrected chi connectivity index (χ4v) is 3.92. The van der Waals surface area contributed by atoms with Crippen LogP contribution in [0.2, 0.25) is 5.02 Å². The number of carbonyl (C=O) groups excluding carboxylic acids is 1. The molecule has 1 aromatic heterocycles. The van der Waals surface area contributed by atoms with Gasteiger partial charge in [-0.25, -0.2) is 4.99 Å². The van der Waals surface area contributed by atoms with Crippen molar-refractivity contribution in [3.63, 3.8) is 0 Å². The highest BCUT2D eigenvalue weighted by molar-refractivity contribution is 6.34. The van der Waals surface area contributed by atoms with Crippen molar-refractivity contribution in [3.05, 3.63) is 35.6 Å². The van der Waals surface area contributed by atoms with Crippen LogP contribution in [0, 0.1) is 0 Å². The van der Waals surface area contributed by atoms with E-state index in [0.717, 1.165) is 37.1 Å². The molecule has 3 N–H and O–H groups in total. The number of hydrogen-bond acceptors (Lipinski definition) is 6. The summed E-state index contributed by atoms with van der Waals surface area (Å²) in [5, 5.41) is 7.86. The number of anilines is 1. The largest absolute Gasteiger partial charge is 0.460 e. The van der Waals surface area contributed by atoms with Gasteiger partial charge in [-0.05, 0) is 57.6 Å². The average Bonchev–Trinajstić information content (AvgIpc) is 3.30. The van der Waals surface area contributed by atoms with Crippen LogP contribution in [-0.2, 0) is 9.53 Å². The zero-order valence-electron chi connectivity index (χ0n) is 16.5. The zero-order valence-corrected chi connectivity index (χ0v) is 17.3. The molecule has 2 atom stereocenters. The molecule has 1 amide bonds. The first-order valence-electron chi connectivity index (χ1n) is 9.74. The first-order chi connectivity index (χ1) is 13.9. The van der Waals surface area contributed by atoms with Crippen molar-refractivity contribution in [1.82, 2.24) is 14.7 Å².